The van der Waals surface area contributed by atoms with Gasteiger partial charge in [-0.1, -0.05) is 36.4 Å². The Hall–Kier alpha value is -2.98. The lowest BCUT2D eigenvalue weighted by Crippen LogP contribution is -2.51. The Morgan fingerprint density at radius 1 is 0.969 bits per heavy atom. The van der Waals surface area contributed by atoms with Gasteiger partial charge < -0.3 is 9.47 Å². The zero-order chi connectivity index (χ0) is 22.7. The van der Waals surface area contributed by atoms with E-state index in [4.69, 9.17) is 21.7 Å². The number of hydrogen-bond donors (Lipinski definition) is 2. The van der Waals surface area contributed by atoms with Crippen molar-refractivity contribution >= 4 is 68.6 Å². The summed E-state index contributed by atoms with van der Waals surface area (Å²) in [4.78, 5) is 24.3. The zero-order valence-electron chi connectivity index (χ0n) is 17.1. The van der Waals surface area contributed by atoms with E-state index < -0.39 is 11.8 Å². The van der Waals surface area contributed by atoms with Gasteiger partial charge in [-0.25, -0.2) is 0 Å². The summed E-state index contributed by atoms with van der Waals surface area (Å²) in [6.45, 7) is 2.70. The molecule has 3 aromatic carbocycles. The van der Waals surface area contributed by atoms with Crippen molar-refractivity contribution in [1.29, 1.82) is 0 Å². The van der Waals surface area contributed by atoms with Gasteiger partial charge in [0.25, 0.3) is 11.8 Å². The summed E-state index contributed by atoms with van der Waals surface area (Å²) in [7, 11) is 0. The second-order valence-corrected chi connectivity index (χ2v) is 8.60. The van der Waals surface area contributed by atoms with E-state index >= 15 is 0 Å². The van der Waals surface area contributed by atoms with E-state index in [1.165, 1.54) is 11.5 Å². The Kier molecular flexibility index (Phi) is 6.71. The van der Waals surface area contributed by atoms with Crippen LogP contribution in [-0.2, 0) is 16.2 Å². The molecule has 0 radical (unpaired) electrons. The van der Waals surface area contributed by atoms with Gasteiger partial charge in [0.05, 0.1) is 10.2 Å². The molecule has 0 saturated carbocycles. The normalized spacial score (nSPS) is 13.6. The van der Waals surface area contributed by atoms with Gasteiger partial charge >= 0.3 is 0 Å². The molecule has 1 aliphatic rings. The number of carbonyl (C=O) groups excluding carboxylic acids is 2. The highest BCUT2D eigenvalue weighted by molar-refractivity contribution is 14.1. The first-order valence-corrected chi connectivity index (χ1v) is 11.4. The highest BCUT2D eigenvalue weighted by Crippen LogP contribution is 2.35. The molecule has 4 rings (SSSR count). The van der Waals surface area contributed by atoms with E-state index in [2.05, 4.69) is 57.5 Å². The minimum atomic E-state index is -0.539. The minimum absolute atomic E-state index is 0.000764. The average molecular weight is 558 g/mol. The van der Waals surface area contributed by atoms with Crippen molar-refractivity contribution in [2.24, 2.45) is 0 Å². The van der Waals surface area contributed by atoms with E-state index in [9.17, 15) is 9.59 Å². The molecular formula is C24H19IN2O4S. The topological polar surface area (TPSA) is 76.7 Å². The first-order valence-electron chi connectivity index (χ1n) is 9.90. The van der Waals surface area contributed by atoms with Gasteiger partial charge in [0.15, 0.2) is 16.6 Å². The molecule has 1 heterocycles. The molecule has 2 N–H and O–H groups in total. The Balaban J connectivity index is 1.61. The first-order chi connectivity index (χ1) is 15.4. The number of thiocarbonyl (C=S) groups is 1. The van der Waals surface area contributed by atoms with Crippen LogP contribution in [0.15, 0.2) is 60.2 Å². The van der Waals surface area contributed by atoms with Crippen LogP contribution in [0.2, 0.25) is 0 Å². The molecule has 32 heavy (non-hydrogen) atoms. The largest absolute Gasteiger partial charge is 0.490 e. The summed E-state index contributed by atoms with van der Waals surface area (Å²) >= 11 is 7.00. The second kappa shape index (κ2) is 9.66. The maximum absolute atomic E-state index is 12.1. The molecule has 0 unspecified atom stereocenters. The van der Waals surface area contributed by atoms with E-state index in [-0.39, 0.29) is 10.7 Å². The van der Waals surface area contributed by atoms with Crippen LogP contribution < -0.4 is 20.1 Å². The van der Waals surface area contributed by atoms with E-state index in [0.29, 0.717) is 30.3 Å². The van der Waals surface area contributed by atoms with Crippen molar-refractivity contribution in [2.75, 3.05) is 6.61 Å². The fourth-order valence-electron chi connectivity index (χ4n) is 3.33. The van der Waals surface area contributed by atoms with Gasteiger partial charge in [-0.15, -0.1) is 0 Å². The summed E-state index contributed by atoms with van der Waals surface area (Å²) in [5.41, 5.74) is 1.66. The maximum atomic E-state index is 12.1. The molecule has 0 atom stereocenters. The quantitative estimate of drug-likeness (QED) is 0.204. The molecule has 2 amide bonds. The molecule has 162 valence electrons. The lowest BCUT2D eigenvalue weighted by Gasteiger charge is -2.17. The SMILES string of the molecule is CCOc1cc(C=C2C(=O)NC(=S)NC2=O)cc(I)c1OCc1ccc2ccccc2c1. The number of halogens is 1. The van der Waals surface area contributed by atoms with Gasteiger partial charge in [-0.05, 0) is 87.9 Å². The Bertz CT molecular complexity index is 1250. The molecule has 0 aromatic heterocycles. The third kappa shape index (κ3) is 4.91. The molecule has 0 bridgehead atoms. The molecule has 1 saturated heterocycles. The number of ether oxygens (including phenoxy) is 2. The summed E-state index contributed by atoms with van der Waals surface area (Å²) in [5.74, 6) is 0.0763. The summed E-state index contributed by atoms with van der Waals surface area (Å²) in [5, 5.41) is 7.19. The van der Waals surface area contributed by atoms with E-state index in [1.807, 2.05) is 31.2 Å². The number of fused-ring (bicyclic) bond motifs is 1. The summed E-state index contributed by atoms with van der Waals surface area (Å²) < 4.78 is 12.7. The lowest BCUT2D eigenvalue weighted by atomic mass is 10.1. The summed E-state index contributed by atoms with van der Waals surface area (Å²) in [6, 6.07) is 18.0. The smallest absolute Gasteiger partial charge is 0.263 e. The third-order valence-electron chi connectivity index (χ3n) is 4.78. The molecule has 3 aromatic rings. The molecule has 8 heteroatoms. The number of carbonyl (C=O) groups is 2. The first kappa shape index (κ1) is 22.2. The number of nitrogens with one attached hydrogen (secondary N) is 2. The van der Waals surface area contributed by atoms with Crippen LogP contribution in [0.5, 0.6) is 11.5 Å². The van der Waals surface area contributed by atoms with Crippen LogP contribution in [0.25, 0.3) is 16.8 Å². The minimum Gasteiger partial charge on any atom is -0.490 e. The molecule has 1 aliphatic heterocycles. The summed E-state index contributed by atoms with van der Waals surface area (Å²) in [6.07, 6.45) is 1.50. The second-order valence-electron chi connectivity index (χ2n) is 7.03. The Morgan fingerprint density at radius 2 is 1.69 bits per heavy atom. The fourth-order valence-corrected chi connectivity index (χ4v) is 4.30. The number of rotatable bonds is 6. The maximum Gasteiger partial charge on any atom is 0.263 e. The Labute approximate surface area is 204 Å². The van der Waals surface area contributed by atoms with Crippen LogP contribution >= 0.6 is 34.8 Å². The highest BCUT2D eigenvalue weighted by Gasteiger charge is 2.26. The van der Waals surface area contributed by atoms with Gasteiger partial charge in [0.1, 0.15) is 12.2 Å². The van der Waals surface area contributed by atoms with Crippen molar-refractivity contribution in [3.63, 3.8) is 0 Å². The highest BCUT2D eigenvalue weighted by atomic mass is 127. The standard InChI is InChI=1S/C24H19IN2O4S/c1-2-30-20-12-15(10-18-22(28)26-24(32)27-23(18)29)11-19(25)21(20)31-13-14-7-8-16-5-3-4-6-17(16)9-14/h3-12H,2,13H2,1H3,(H2,26,27,28,29,32). The van der Waals surface area contributed by atoms with Gasteiger partial charge in [0.2, 0.25) is 0 Å². The van der Waals surface area contributed by atoms with Crippen LogP contribution in [0, 0.1) is 3.57 Å². The predicted molar refractivity (Wildman–Crippen MR) is 135 cm³/mol. The molecular weight excluding hydrogens is 539 g/mol. The number of hydrogen-bond acceptors (Lipinski definition) is 5. The predicted octanol–water partition coefficient (Wildman–Crippen LogP) is 4.34. The van der Waals surface area contributed by atoms with Gasteiger partial charge in [-0.3, -0.25) is 20.2 Å². The molecule has 0 aliphatic carbocycles. The lowest BCUT2D eigenvalue weighted by molar-refractivity contribution is -0.123. The molecule has 1 fully saturated rings. The average Bonchev–Trinajstić information content (AvgIpc) is 2.76. The van der Waals surface area contributed by atoms with Crippen molar-refractivity contribution in [3.05, 3.63) is 74.9 Å². The monoisotopic (exact) mass is 558 g/mol. The van der Waals surface area contributed by atoms with Crippen LogP contribution in [0.1, 0.15) is 18.1 Å². The van der Waals surface area contributed by atoms with Crippen molar-refractivity contribution < 1.29 is 19.1 Å². The molecule has 6 nitrogen and oxygen atoms in total. The Morgan fingerprint density at radius 3 is 2.41 bits per heavy atom. The number of benzene rings is 3. The van der Waals surface area contributed by atoms with E-state index in [0.717, 1.165) is 14.5 Å². The van der Waals surface area contributed by atoms with Gasteiger partial charge in [0, 0.05) is 0 Å². The number of amides is 2. The van der Waals surface area contributed by atoms with E-state index in [1.54, 1.807) is 6.07 Å². The molecule has 0 spiro atoms. The van der Waals surface area contributed by atoms with Crippen LogP contribution in [-0.4, -0.2) is 23.5 Å². The fraction of sp³-hybridized carbons (Fsp3) is 0.125. The van der Waals surface area contributed by atoms with Crippen molar-refractivity contribution in [1.82, 2.24) is 10.6 Å². The third-order valence-corrected chi connectivity index (χ3v) is 5.79. The van der Waals surface area contributed by atoms with Crippen molar-refractivity contribution in [3.8, 4) is 11.5 Å². The van der Waals surface area contributed by atoms with Crippen molar-refractivity contribution in [2.45, 2.75) is 13.5 Å². The van der Waals surface area contributed by atoms with Crippen LogP contribution in [0.4, 0.5) is 0 Å². The zero-order valence-corrected chi connectivity index (χ0v) is 20.1. The van der Waals surface area contributed by atoms with Crippen LogP contribution in [0.3, 0.4) is 0 Å². The van der Waals surface area contributed by atoms with Gasteiger partial charge in [-0.2, -0.15) is 0 Å².